The van der Waals surface area contributed by atoms with Crippen LogP contribution >= 0.6 is 0 Å². The number of aliphatic hydroxyl groups excluding tert-OH is 1. The van der Waals surface area contributed by atoms with Crippen LogP contribution in [0.3, 0.4) is 0 Å². The third-order valence-electron chi connectivity index (χ3n) is 4.89. The maximum atomic E-state index is 11.9. The Bertz CT molecular complexity index is 1170. The lowest BCUT2D eigenvalue weighted by Gasteiger charge is -2.17. The van der Waals surface area contributed by atoms with Crippen molar-refractivity contribution in [2.75, 3.05) is 35.0 Å². The Morgan fingerprint density at radius 2 is 1.36 bits per heavy atom. The Kier molecular flexibility index (Phi) is 8.63. The predicted molar refractivity (Wildman–Crippen MR) is 129 cm³/mol. The van der Waals surface area contributed by atoms with Crippen molar-refractivity contribution < 1.29 is 38.3 Å². The molecule has 0 aliphatic heterocycles. The summed E-state index contributed by atoms with van der Waals surface area (Å²) in [7, 11) is 6.09. The Hall–Kier alpha value is -4.38. The molecule has 190 valence electrons. The van der Waals surface area contributed by atoms with Crippen LogP contribution in [0.5, 0.6) is 29.0 Å². The summed E-state index contributed by atoms with van der Waals surface area (Å²) in [5, 5.41) is 9.70. The number of rotatable bonds is 11. The SMILES string of the molecule is C=C(C)C(=O)OC(CO)Oc1nc(-c2ccc(OC)cc2OC)nc(-c2ccc(OC)cc2OC)n1. The van der Waals surface area contributed by atoms with Crippen molar-refractivity contribution in [2.24, 2.45) is 0 Å². The third-order valence-corrected chi connectivity index (χ3v) is 4.89. The first-order valence-electron chi connectivity index (χ1n) is 10.7. The normalized spacial score (nSPS) is 11.3. The smallest absolute Gasteiger partial charge is 0.336 e. The van der Waals surface area contributed by atoms with Gasteiger partial charge in [-0.1, -0.05) is 6.58 Å². The molecule has 11 heteroatoms. The molecule has 1 unspecified atom stereocenters. The Morgan fingerprint density at radius 1 is 0.861 bits per heavy atom. The Balaban J connectivity index is 2.15. The Morgan fingerprint density at radius 3 is 1.75 bits per heavy atom. The van der Waals surface area contributed by atoms with Crippen molar-refractivity contribution in [3.63, 3.8) is 0 Å². The summed E-state index contributed by atoms with van der Waals surface area (Å²) in [4.78, 5) is 25.3. The standard InChI is InChI=1S/C25H27N3O8/c1-14(2)24(30)35-21(13-29)36-25-27-22(17-9-7-15(31-3)11-19(17)33-5)26-23(28-25)18-10-8-16(32-4)12-20(18)34-6/h7-12,21,29H,1,13H2,2-6H3. The minimum Gasteiger partial charge on any atom is -0.497 e. The topological polar surface area (TPSA) is 131 Å². The largest absolute Gasteiger partial charge is 0.497 e. The number of nitrogens with zero attached hydrogens (tertiary/aromatic N) is 3. The maximum absolute atomic E-state index is 11.9. The first-order chi connectivity index (χ1) is 17.3. The number of hydrogen-bond acceptors (Lipinski definition) is 11. The highest BCUT2D eigenvalue weighted by molar-refractivity contribution is 5.87. The summed E-state index contributed by atoms with van der Waals surface area (Å²) in [6.45, 7) is 4.35. The summed E-state index contributed by atoms with van der Waals surface area (Å²) in [6.07, 6.45) is -1.38. The van der Waals surface area contributed by atoms with E-state index in [-0.39, 0.29) is 23.2 Å². The summed E-state index contributed by atoms with van der Waals surface area (Å²) in [5.41, 5.74) is 1.16. The zero-order chi connectivity index (χ0) is 26.2. The monoisotopic (exact) mass is 497 g/mol. The molecule has 0 aliphatic rings. The second-order valence-corrected chi connectivity index (χ2v) is 7.31. The van der Waals surface area contributed by atoms with Crippen LogP contribution in [0.2, 0.25) is 0 Å². The van der Waals surface area contributed by atoms with E-state index in [0.717, 1.165) is 0 Å². The predicted octanol–water partition coefficient (Wildman–Crippen LogP) is 3.06. The van der Waals surface area contributed by atoms with Crippen LogP contribution in [-0.2, 0) is 9.53 Å². The molecule has 1 atom stereocenters. The van der Waals surface area contributed by atoms with Gasteiger partial charge in [0.1, 0.15) is 29.6 Å². The van der Waals surface area contributed by atoms with E-state index in [1.165, 1.54) is 21.1 Å². The van der Waals surface area contributed by atoms with Gasteiger partial charge < -0.3 is 33.5 Å². The molecule has 0 fully saturated rings. The number of esters is 1. The van der Waals surface area contributed by atoms with Crippen molar-refractivity contribution in [3.8, 4) is 51.8 Å². The molecule has 1 N–H and O–H groups in total. The molecule has 0 saturated heterocycles. The second kappa shape index (κ2) is 11.8. The second-order valence-electron chi connectivity index (χ2n) is 7.31. The maximum Gasteiger partial charge on any atom is 0.336 e. The van der Waals surface area contributed by atoms with Crippen LogP contribution in [0, 0.1) is 0 Å². The van der Waals surface area contributed by atoms with Crippen LogP contribution in [-0.4, -0.2) is 67.4 Å². The third kappa shape index (κ3) is 5.99. The number of ether oxygens (including phenoxy) is 6. The number of aliphatic hydroxyl groups is 1. The molecule has 0 bridgehead atoms. The number of benzene rings is 2. The van der Waals surface area contributed by atoms with Gasteiger partial charge in [-0.25, -0.2) is 9.78 Å². The van der Waals surface area contributed by atoms with E-state index in [0.29, 0.717) is 34.1 Å². The first kappa shape index (κ1) is 26.2. The highest BCUT2D eigenvalue weighted by atomic mass is 16.7. The van der Waals surface area contributed by atoms with Crippen LogP contribution in [0.25, 0.3) is 22.8 Å². The van der Waals surface area contributed by atoms with E-state index in [4.69, 9.17) is 28.4 Å². The van der Waals surface area contributed by atoms with E-state index in [1.54, 1.807) is 50.6 Å². The van der Waals surface area contributed by atoms with Gasteiger partial charge in [0.15, 0.2) is 11.6 Å². The summed E-state index contributed by atoms with van der Waals surface area (Å²) < 4.78 is 32.3. The van der Waals surface area contributed by atoms with Gasteiger partial charge in [-0.3, -0.25) is 0 Å². The number of carbonyl (C=O) groups excluding carboxylic acids is 1. The van der Waals surface area contributed by atoms with Gasteiger partial charge in [0.25, 0.3) is 6.29 Å². The van der Waals surface area contributed by atoms with E-state index in [1.807, 2.05) is 0 Å². The molecular formula is C25H27N3O8. The molecule has 0 amide bonds. The number of carbonyl (C=O) groups is 1. The van der Waals surface area contributed by atoms with Gasteiger partial charge in [0.2, 0.25) is 0 Å². The molecular weight excluding hydrogens is 470 g/mol. The van der Waals surface area contributed by atoms with Gasteiger partial charge in [-0.15, -0.1) is 0 Å². The quantitative estimate of drug-likeness (QED) is 0.238. The average Bonchev–Trinajstić information content (AvgIpc) is 2.91. The number of hydrogen-bond donors (Lipinski definition) is 1. The fourth-order valence-electron chi connectivity index (χ4n) is 3.05. The Labute approximate surface area is 208 Å². The minimum atomic E-state index is -1.38. The number of aromatic nitrogens is 3. The van der Waals surface area contributed by atoms with Crippen LogP contribution in [0.1, 0.15) is 6.92 Å². The van der Waals surface area contributed by atoms with Gasteiger partial charge in [0.05, 0.1) is 39.6 Å². The van der Waals surface area contributed by atoms with Gasteiger partial charge >= 0.3 is 12.0 Å². The lowest BCUT2D eigenvalue weighted by Crippen LogP contribution is -2.29. The van der Waals surface area contributed by atoms with Crippen molar-refractivity contribution in [2.45, 2.75) is 13.2 Å². The van der Waals surface area contributed by atoms with Crippen molar-refractivity contribution in [3.05, 3.63) is 48.6 Å². The number of methoxy groups -OCH3 is 4. The average molecular weight is 498 g/mol. The molecule has 3 rings (SSSR count). The van der Waals surface area contributed by atoms with Crippen molar-refractivity contribution in [1.29, 1.82) is 0 Å². The fraction of sp³-hybridized carbons (Fsp3) is 0.280. The van der Waals surface area contributed by atoms with Gasteiger partial charge in [-0.2, -0.15) is 9.97 Å². The summed E-state index contributed by atoms with van der Waals surface area (Å²) in [5.74, 6) is 1.66. The first-order valence-corrected chi connectivity index (χ1v) is 10.7. The van der Waals surface area contributed by atoms with E-state index < -0.39 is 18.9 Å². The molecule has 3 aromatic rings. The van der Waals surface area contributed by atoms with Crippen molar-refractivity contribution >= 4 is 5.97 Å². The van der Waals surface area contributed by atoms with Gasteiger partial charge in [-0.05, 0) is 31.2 Å². The van der Waals surface area contributed by atoms with Crippen LogP contribution in [0.15, 0.2) is 48.6 Å². The van der Waals surface area contributed by atoms with Gasteiger partial charge in [0, 0.05) is 17.7 Å². The highest BCUT2D eigenvalue weighted by Crippen LogP contribution is 2.36. The summed E-state index contributed by atoms with van der Waals surface area (Å²) >= 11 is 0. The molecule has 0 spiro atoms. The van der Waals surface area contributed by atoms with Crippen molar-refractivity contribution in [1.82, 2.24) is 15.0 Å². The molecule has 1 aromatic heterocycles. The lowest BCUT2D eigenvalue weighted by atomic mass is 10.1. The zero-order valence-corrected chi connectivity index (χ0v) is 20.6. The lowest BCUT2D eigenvalue weighted by molar-refractivity contribution is -0.164. The van der Waals surface area contributed by atoms with E-state index in [9.17, 15) is 9.90 Å². The van der Waals surface area contributed by atoms with E-state index in [2.05, 4.69) is 21.5 Å². The van der Waals surface area contributed by atoms with Crippen LogP contribution in [0.4, 0.5) is 0 Å². The molecule has 0 saturated carbocycles. The molecule has 0 aliphatic carbocycles. The molecule has 2 aromatic carbocycles. The minimum absolute atomic E-state index is 0.139. The molecule has 1 heterocycles. The fourth-order valence-corrected chi connectivity index (χ4v) is 3.05. The summed E-state index contributed by atoms with van der Waals surface area (Å²) in [6, 6.07) is 10.0. The molecule has 36 heavy (non-hydrogen) atoms. The van der Waals surface area contributed by atoms with E-state index >= 15 is 0 Å². The zero-order valence-electron chi connectivity index (χ0n) is 20.6. The molecule has 0 radical (unpaired) electrons. The highest BCUT2D eigenvalue weighted by Gasteiger charge is 2.22. The van der Waals surface area contributed by atoms with Crippen LogP contribution < -0.4 is 23.7 Å². The molecule has 11 nitrogen and oxygen atoms in total.